The quantitative estimate of drug-likeness (QED) is 0.535. The summed E-state index contributed by atoms with van der Waals surface area (Å²) < 4.78 is 54.9. The summed E-state index contributed by atoms with van der Waals surface area (Å²) in [7, 11) is 0. The van der Waals surface area contributed by atoms with Gasteiger partial charge in [-0.1, -0.05) is 17.7 Å². The van der Waals surface area contributed by atoms with E-state index in [9.17, 15) is 22.4 Å². The zero-order valence-electron chi connectivity index (χ0n) is 16.4. The second-order valence-corrected chi connectivity index (χ2v) is 9.03. The van der Waals surface area contributed by atoms with Crippen LogP contribution in [0.3, 0.4) is 0 Å². The van der Waals surface area contributed by atoms with E-state index in [1.54, 1.807) is 17.0 Å². The highest BCUT2D eigenvalue weighted by Gasteiger charge is 2.42. The van der Waals surface area contributed by atoms with Crippen molar-refractivity contribution in [2.45, 2.75) is 38.0 Å². The zero-order valence-corrected chi connectivity index (χ0v) is 18.8. The Hall–Kier alpha value is -1.65. The fourth-order valence-electron chi connectivity index (χ4n) is 3.79. The Kier molecular flexibility index (Phi) is 6.33. The zero-order chi connectivity index (χ0) is 22.3. The number of alkyl halides is 3. The predicted octanol–water partition coefficient (Wildman–Crippen LogP) is 4.68. The van der Waals surface area contributed by atoms with Gasteiger partial charge in [-0.05, 0) is 40.9 Å². The van der Waals surface area contributed by atoms with Gasteiger partial charge in [0.05, 0.1) is 10.2 Å². The number of hydrogen-bond acceptors (Lipinski definition) is 3. The average molecular weight is 524 g/mol. The van der Waals surface area contributed by atoms with E-state index in [4.69, 9.17) is 11.6 Å². The third-order valence-corrected chi connectivity index (χ3v) is 6.75. The third-order valence-electron chi connectivity index (χ3n) is 5.62. The number of carbonyl (C=O) groups is 1. The molecule has 0 atom stereocenters. The van der Waals surface area contributed by atoms with Crippen LogP contribution in [0.1, 0.15) is 35.7 Å². The van der Waals surface area contributed by atoms with Gasteiger partial charge in [0.1, 0.15) is 12.4 Å². The molecule has 5 nitrogen and oxygen atoms in total. The van der Waals surface area contributed by atoms with Crippen molar-refractivity contribution in [1.29, 1.82) is 0 Å². The van der Waals surface area contributed by atoms with Gasteiger partial charge in [0.2, 0.25) is 5.91 Å². The number of piperazine rings is 1. The normalized spacial score (nSPS) is 17.9. The van der Waals surface area contributed by atoms with Crippen molar-refractivity contribution in [3.8, 4) is 0 Å². The van der Waals surface area contributed by atoms with Gasteiger partial charge in [0.15, 0.2) is 5.69 Å². The van der Waals surface area contributed by atoms with Crippen molar-refractivity contribution in [2.24, 2.45) is 0 Å². The van der Waals surface area contributed by atoms with E-state index in [0.29, 0.717) is 49.0 Å². The van der Waals surface area contributed by atoms with Crippen molar-refractivity contribution < 1.29 is 22.4 Å². The van der Waals surface area contributed by atoms with Crippen LogP contribution >= 0.6 is 27.5 Å². The van der Waals surface area contributed by atoms with Gasteiger partial charge in [-0.25, -0.2) is 4.39 Å². The van der Waals surface area contributed by atoms with Crippen LogP contribution in [-0.4, -0.2) is 51.7 Å². The first-order chi connectivity index (χ1) is 14.6. The van der Waals surface area contributed by atoms with Gasteiger partial charge in [-0.15, -0.1) is 0 Å². The van der Waals surface area contributed by atoms with Crippen molar-refractivity contribution >= 4 is 33.4 Å². The summed E-state index contributed by atoms with van der Waals surface area (Å²) in [6.07, 6.45) is -3.02. The minimum Gasteiger partial charge on any atom is -0.339 e. The van der Waals surface area contributed by atoms with Gasteiger partial charge in [-0.2, -0.15) is 18.3 Å². The van der Waals surface area contributed by atoms with E-state index in [2.05, 4.69) is 21.0 Å². The molecule has 1 saturated carbocycles. The maximum absolute atomic E-state index is 14.0. The number of hydrogen-bond donors (Lipinski definition) is 0. The minimum atomic E-state index is -4.59. The number of carbonyl (C=O) groups excluding carboxylic acids is 1. The molecule has 0 bridgehead atoms. The Bertz CT molecular complexity index is 964. The van der Waals surface area contributed by atoms with Gasteiger partial charge in [0.25, 0.3) is 0 Å². The second-order valence-electron chi connectivity index (χ2n) is 7.83. The molecular weight excluding hydrogens is 504 g/mol. The molecule has 1 aliphatic heterocycles. The van der Waals surface area contributed by atoms with Crippen LogP contribution in [-0.2, 0) is 24.1 Å². The number of aromatic nitrogens is 2. The number of halogens is 6. The molecular formula is C20H20BrClF4N4O. The lowest BCUT2D eigenvalue weighted by molar-refractivity contribution is -0.142. The Morgan fingerprint density at radius 1 is 1.19 bits per heavy atom. The molecule has 0 radical (unpaired) electrons. The molecule has 0 unspecified atom stereocenters. The Labute approximate surface area is 190 Å². The summed E-state index contributed by atoms with van der Waals surface area (Å²) in [5, 5.41) is 4.06. The van der Waals surface area contributed by atoms with Gasteiger partial charge in [-0.3, -0.25) is 14.4 Å². The number of benzene rings is 1. The van der Waals surface area contributed by atoms with E-state index in [1.165, 1.54) is 10.7 Å². The molecule has 1 amide bonds. The topological polar surface area (TPSA) is 41.4 Å². The highest BCUT2D eigenvalue weighted by atomic mass is 79.9. The smallest absolute Gasteiger partial charge is 0.339 e. The first kappa shape index (κ1) is 22.5. The van der Waals surface area contributed by atoms with Gasteiger partial charge >= 0.3 is 6.18 Å². The van der Waals surface area contributed by atoms with Gasteiger partial charge in [0, 0.05) is 49.2 Å². The summed E-state index contributed by atoms with van der Waals surface area (Å²) in [5.41, 5.74) is -0.138. The van der Waals surface area contributed by atoms with Crippen molar-refractivity contribution in [3.63, 3.8) is 0 Å². The second kappa shape index (κ2) is 8.71. The van der Waals surface area contributed by atoms with Crippen LogP contribution in [0.15, 0.2) is 22.7 Å². The summed E-state index contributed by atoms with van der Waals surface area (Å²) >= 11 is 9.12. The fourth-order valence-corrected chi connectivity index (χ4v) is 4.85. The molecule has 2 heterocycles. The van der Waals surface area contributed by atoms with Crippen LogP contribution in [0.4, 0.5) is 17.6 Å². The van der Waals surface area contributed by atoms with Crippen LogP contribution in [0.25, 0.3) is 0 Å². The Balaban J connectivity index is 1.40. The summed E-state index contributed by atoms with van der Waals surface area (Å²) in [6.45, 7) is 1.93. The molecule has 1 aromatic heterocycles. The maximum Gasteiger partial charge on any atom is 0.436 e. The van der Waals surface area contributed by atoms with E-state index < -0.39 is 11.9 Å². The molecule has 1 aromatic carbocycles. The lowest BCUT2D eigenvalue weighted by atomic mass is 10.2. The maximum atomic E-state index is 14.0. The van der Waals surface area contributed by atoms with Crippen LogP contribution in [0.2, 0.25) is 5.02 Å². The highest BCUT2D eigenvalue weighted by molar-refractivity contribution is 9.10. The van der Waals surface area contributed by atoms with Crippen LogP contribution in [0, 0.1) is 5.82 Å². The summed E-state index contributed by atoms with van der Waals surface area (Å²) in [4.78, 5) is 16.4. The first-order valence-electron chi connectivity index (χ1n) is 9.91. The highest BCUT2D eigenvalue weighted by Crippen LogP contribution is 2.47. The standard InChI is InChI=1S/C20H20BrClF4N4O/c21-17-18(12-4-5-12)30(27-19(17)20(24,25)26)11-16(31)29-8-6-28(7-9-29)10-13-14(22)2-1-3-15(13)23/h1-3,12H,4-11H2. The number of rotatable bonds is 5. The average Bonchev–Trinajstić information content (AvgIpc) is 3.48. The van der Waals surface area contributed by atoms with E-state index in [-0.39, 0.29) is 28.7 Å². The molecule has 1 aliphatic carbocycles. The molecule has 2 aliphatic rings. The van der Waals surface area contributed by atoms with Crippen LogP contribution < -0.4 is 0 Å². The third kappa shape index (κ3) is 4.90. The summed E-state index contributed by atoms with van der Waals surface area (Å²) in [5.74, 6) is -0.661. The van der Waals surface area contributed by atoms with Crippen molar-refractivity contribution in [3.05, 3.63) is 50.5 Å². The first-order valence-corrected chi connectivity index (χ1v) is 11.1. The predicted molar refractivity (Wildman–Crippen MR) is 110 cm³/mol. The largest absolute Gasteiger partial charge is 0.436 e. The number of amides is 1. The van der Waals surface area contributed by atoms with E-state index >= 15 is 0 Å². The lowest BCUT2D eigenvalue weighted by Gasteiger charge is -2.35. The molecule has 11 heteroatoms. The molecule has 31 heavy (non-hydrogen) atoms. The monoisotopic (exact) mass is 522 g/mol. The molecule has 4 rings (SSSR count). The lowest BCUT2D eigenvalue weighted by Crippen LogP contribution is -2.49. The molecule has 2 aromatic rings. The fraction of sp³-hybridized carbons (Fsp3) is 0.500. The van der Waals surface area contributed by atoms with Crippen molar-refractivity contribution in [2.75, 3.05) is 26.2 Å². The van der Waals surface area contributed by atoms with E-state index in [1.807, 2.05) is 4.90 Å². The Morgan fingerprint density at radius 2 is 1.87 bits per heavy atom. The minimum absolute atomic E-state index is 0.00635. The molecule has 1 saturated heterocycles. The molecule has 0 spiro atoms. The SMILES string of the molecule is O=C(Cn1nc(C(F)(F)F)c(Br)c1C1CC1)N1CCN(Cc2c(F)cccc2Cl)CC1. The van der Waals surface area contributed by atoms with E-state index in [0.717, 1.165) is 12.8 Å². The molecule has 2 fully saturated rings. The summed E-state index contributed by atoms with van der Waals surface area (Å²) in [6, 6.07) is 4.54. The molecule has 168 valence electrons. The van der Waals surface area contributed by atoms with Crippen molar-refractivity contribution in [1.82, 2.24) is 19.6 Å². The van der Waals surface area contributed by atoms with Gasteiger partial charge < -0.3 is 4.90 Å². The van der Waals surface area contributed by atoms with Crippen LogP contribution in [0.5, 0.6) is 0 Å². The Morgan fingerprint density at radius 3 is 2.45 bits per heavy atom. The molecule has 0 N–H and O–H groups in total. The number of nitrogens with zero attached hydrogens (tertiary/aromatic N) is 4.